The summed E-state index contributed by atoms with van der Waals surface area (Å²) in [6, 6.07) is 13.8. The summed E-state index contributed by atoms with van der Waals surface area (Å²) < 4.78 is 39.2. The third-order valence-electron chi connectivity index (χ3n) is 5.59. The molecule has 0 saturated carbocycles. The first-order chi connectivity index (χ1) is 14.7. The molecule has 31 heavy (non-hydrogen) atoms. The number of benzene rings is 2. The summed E-state index contributed by atoms with van der Waals surface area (Å²) in [7, 11) is -3.69. The van der Waals surface area contributed by atoms with Gasteiger partial charge in [-0.25, -0.2) is 12.8 Å². The monoisotopic (exact) mass is 447 g/mol. The van der Waals surface area contributed by atoms with Gasteiger partial charge in [0.05, 0.1) is 18.8 Å². The first-order valence-corrected chi connectivity index (χ1v) is 12.4. The molecule has 0 bridgehead atoms. The van der Waals surface area contributed by atoms with E-state index in [1.54, 1.807) is 6.07 Å². The minimum Gasteiger partial charge on any atom is -0.372 e. The van der Waals surface area contributed by atoms with Gasteiger partial charge in [0.15, 0.2) is 0 Å². The molecule has 1 N–H and O–H groups in total. The molecule has 1 aliphatic heterocycles. The Labute approximate surface area is 184 Å². The lowest BCUT2D eigenvalue weighted by Crippen LogP contribution is -2.40. The molecule has 2 aromatic rings. The number of carbonyl (C=O) groups is 1. The number of nitrogens with one attached hydrogen (secondary N) is 1. The smallest absolute Gasteiger partial charge is 0.235 e. The van der Waals surface area contributed by atoms with E-state index in [-0.39, 0.29) is 24.7 Å². The van der Waals surface area contributed by atoms with Crippen LogP contribution in [0.5, 0.6) is 0 Å². The Kier molecular flexibility index (Phi) is 7.67. The van der Waals surface area contributed by atoms with E-state index >= 15 is 0 Å². The summed E-state index contributed by atoms with van der Waals surface area (Å²) in [5.74, 6) is -0.937. The van der Waals surface area contributed by atoms with Crippen LogP contribution in [0, 0.1) is 5.82 Å². The summed E-state index contributed by atoms with van der Waals surface area (Å²) in [4.78, 5) is 14.9. The van der Waals surface area contributed by atoms with Crippen molar-refractivity contribution < 1.29 is 17.6 Å². The van der Waals surface area contributed by atoms with Gasteiger partial charge in [-0.15, -0.1) is 0 Å². The lowest BCUT2D eigenvalue weighted by Gasteiger charge is -2.29. The van der Waals surface area contributed by atoms with Crippen LogP contribution in [0.4, 0.5) is 10.1 Å². The fourth-order valence-electron chi connectivity index (χ4n) is 3.76. The Hall–Kier alpha value is -2.45. The van der Waals surface area contributed by atoms with Gasteiger partial charge in [0, 0.05) is 30.9 Å². The Balaban J connectivity index is 1.61. The number of rotatable bonds is 8. The van der Waals surface area contributed by atoms with Crippen LogP contribution in [0.25, 0.3) is 0 Å². The van der Waals surface area contributed by atoms with Crippen LogP contribution in [0.2, 0.25) is 0 Å². The predicted octanol–water partition coefficient (Wildman–Crippen LogP) is 3.46. The number of hydrogen-bond acceptors (Lipinski definition) is 4. The SMILES string of the molecule is CC(NC(=O)CN(Cc1ccccc1F)S(C)(=O)=O)c1ccc(N2CCCCC2)cc1. The zero-order valence-electron chi connectivity index (χ0n) is 18.1. The standard InChI is InChI=1S/C23H30FN3O3S/c1-18(19-10-12-21(13-11-19)26-14-6-3-7-15-26)25-23(28)17-27(31(2,29)30)16-20-8-4-5-9-22(20)24/h4-5,8-13,18H,3,6-7,14-17H2,1-2H3,(H,25,28). The second-order valence-corrected chi connectivity index (χ2v) is 10.0. The van der Waals surface area contributed by atoms with Crippen LogP contribution in [0.15, 0.2) is 48.5 Å². The van der Waals surface area contributed by atoms with Crippen LogP contribution in [0.3, 0.4) is 0 Å². The molecule has 1 fully saturated rings. The Morgan fingerprint density at radius 2 is 1.74 bits per heavy atom. The zero-order valence-corrected chi connectivity index (χ0v) is 18.9. The second kappa shape index (κ2) is 10.2. The number of halogens is 1. The highest BCUT2D eigenvalue weighted by molar-refractivity contribution is 7.88. The van der Waals surface area contributed by atoms with Crippen molar-refractivity contribution in [1.82, 2.24) is 9.62 Å². The Morgan fingerprint density at radius 1 is 1.10 bits per heavy atom. The minimum absolute atomic E-state index is 0.197. The number of carbonyl (C=O) groups excluding carboxylic acids is 1. The van der Waals surface area contributed by atoms with Gasteiger partial charge in [-0.2, -0.15) is 4.31 Å². The average molecular weight is 448 g/mol. The highest BCUT2D eigenvalue weighted by Gasteiger charge is 2.23. The molecule has 1 amide bonds. The van der Waals surface area contributed by atoms with Gasteiger partial charge < -0.3 is 10.2 Å². The fraction of sp³-hybridized carbons (Fsp3) is 0.435. The molecule has 0 spiro atoms. The molecular formula is C23H30FN3O3S. The molecule has 0 aromatic heterocycles. The fourth-order valence-corrected chi connectivity index (χ4v) is 4.49. The van der Waals surface area contributed by atoms with Crippen LogP contribution < -0.4 is 10.2 Å². The van der Waals surface area contributed by atoms with Crippen LogP contribution in [0.1, 0.15) is 43.4 Å². The number of piperidine rings is 1. The molecule has 1 heterocycles. The zero-order chi connectivity index (χ0) is 22.4. The van der Waals surface area contributed by atoms with Gasteiger partial charge in [-0.05, 0) is 49.9 Å². The third kappa shape index (κ3) is 6.51. The maximum absolute atomic E-state index is 13.9. The van der Waals surface area contributed by atoms with E-state index in [2.05, 4.69) is 22.3 Å². The quantitative estimate of drug-likeness (QED) is 0.673. The second-order valence-electron chi connectivity index (χ2n) is 8.05. The largest absolute Gasteiger partial charge is 0.372 e. The molecule has 8 heteroatoms. The summed E-state index contributed by atoms with van der Waals surface area (Å²) in [6.07, 6.45) is 4.71. The molecule has 168 valence electrons. The predicted molar refractivity (Wildman–Crippen MR) is 121 cm³/mol. The first-order valence-electron chi connectivity index (χ1n) is 10.6. The van der Waals surface area contributed by atoms with Gasteiger partial charge in [-0.1, -0.05) is 30.3 Å². The van der Waals surface area contributed by atoms with Crippen LogP contribution in [-0.4, -0.2) is 44.5 Å². The van der Waals surface area contributed by atoms with Crippen molar-refractivity contribution in [3.8, 4) is 0 Å². The molecule has 3 rings (SSSR count). The molecule has 0 radical (unpaired) electrons. The Morgan fingerprint density at radius 3 is 2.35 bits per heavy atom. The summed E-state index contributed by atoms with van der Waals surface area (Å²) >= 11 is 0. The number of amides is 1. The van der Waals surface area contributed by atoms with Crippen molar-refractivity contribution in [3.05, 3.63) is 65.5 Å². The highest BCUT2D eigenvalue weighted by Crippen LogP contribution is 2.22. The summed E-state index contributed by atoms with van der Waals surface area (Å²) in [5, 5.41) is 2.85. The third-order valence-corrected chi connectivity index (χ3v) is 6.78. The van der Waals surface area contributed by atoms with Crippen molar-refractivity contribution in [2.45, 2.75) is 38.8 Å². The maximum Gasteiger partial charge on any atom is 0.235 e. The van der Waals surface area contributed by atoms with Gasteiger partial charge in [-0.3, -0.25) is 4.79 Å². The lowest BCUT2D eigenvalue weighted by atomic mass is 10.1. The summed E-state index contributed by atoms with van der Waals surface area (Å²) in [6.45, 7) is 3.42. The molecular weight excluding hydrogens is 417 g/mol. The normalized spacial score (nSPS) is 15.7. The van der Waals surface area contributed by atoms with Gasteiger partial charge >= 0.3 is 0 Å². The van der Waals surface area contributed by atoms with E-state index < -0.39 is 21.7 Å². The summed E-state index contributed by atoms with van der Waals surface area (Å²) in [5.41, 5.74) is 2.34. The van der Waals surface area contributed by atoms with Crippen molar-refractivity contribution in [2.24, 2.45) is 0 Å². The van der Waals surface area contributed by atoms with Crippen molar-refractivity contribution in [2.75, 3.05) is 30.8 Å². The molecule has 0 aliphatic carbocycles. The number of nitrogens with zero attached hydrogens (tertiary/aromatic N) is 2. The molecule has 1 aliphatic rings. The minimum atomic E-state index is -3.69. The molecule has 1 atom stereocenters. The van der Waals surface area contributed by atoms with E-state index in [9.17, 15) is 17.6 Å². The maximum atomic E-state index is 13.9. The van der Waals surface area contributed by atoms with Crippen LogP contribution >= 0.6 is 0 Å². The van der Waals surface area contributed by atoms with E-state index in [0.29, 0.717) is 0 Å². The van der Waals surface area contributed by atoms with Gasteiger partial charge in [0.2, 0.25) is 15.9 Å². The molecule has 6 nitrogen and oxygen atoms in total. The van der Waals surface area contributed by atoms with E-state index in [4.69, 9.17) is 0 Å². The first kappa shape index (κ1) is 23.2. The molecule has 2 aromatic carbocycles. The average Bonchev–Trinajstić information content (AvgIpc) is 2.75. The van der Waals surface area contributed by atoms with E-state index in [1.165, 1.54) is 43.1 Å². The van der Waals surface area contributed by atoms with Crippen LogP contribution in [-0.2, 0) is 21.4 Å². The number of sulfonamides is 1. The lowest BCUT2D eigenvalue weighted by molar-refractivity contribution is -0.122. The number of anilines is 1. The Bertz CT molecular complexity index is 989. The van der Waals surface area contributed by atoms with Gasteiger partial charge in [0.1, 0.15) is 5.82 Å². The highest BCUT2D eigenvalue weighted by atomic mass is 32.2. The van der Waals surface area contributed by atoms with Crippen molar-refractivity contribution in [3.63, 3.8) is 0 Å². The molecule has 1 saturated heterocycles. The topological polar surface area (TPSA) is 69.7 Å². The van der Waals surface area contributed by atoms with Crippen molar-refractivity contribution >= 4 is 21.6 Å². The van der Waals surface area contributed by atoms with Gasteiger partial charge in [0.25, 0.3) is 0 Å². The van der Waals surface area contributed by atoms with Crippen molar-refractivity contribution in [1.29, 1.82) is 0 Å². The molecule has 1 unspecified atom stereocenters. The van der Waals surface area contributed by atoms with E-state index in [0.717, 1.165) is 29.2 Å². The van der Waals surface area contributed by atoms with E-state index in [1.807, 2.05) is 19.1 Å². The number of hydrogen-bond donors (Lipinski definition) is 1.